The lowest BCUT2D eigenvalue weighted by molar-refractivity contribution is 0.630. The maximum Gasteiger partial charge on any atom is 0.186 e. The van der Waals surface area contributed by atoms with Crippen molar-refractivity contribution in [2.24, 2.45) is 0 Å². The summed E-state index contributed by atoms with van der Waals surface area (Å²) in [6.45, 7) is 2.17. The molecule has 86 valence electrons. The molecule has 1 aromatic carbocycles. The third-order valence-corrected chi connectivity index (χ3v) is 3.79. The van der Waals surface area contributed by atoms with E-state index in [2.05, 4.69) is 9.88 Å². The van der Waals surface area contributed by atoms with Gasteiger partial charge in [-0.05, 0) is 31.0 Å². The van der Waals surface area contributed by atoms with Gasteiger partial charge < -0.3 is 4.90 Å². The molecule has 5 heteroatoms. The molecule has 2 nitrogen and oxygen atoms in total. The first kappa shape index (κ1) is 11.6. The number of halogens is 2. The average molecular weight is 259 g/mol. The second kappa shape index (κ2) is 4.55. The standard InChI is InChI=1S/C11H11FN2S.ClH/c12-8-3-4-9-10(7-8)15-11(13-9)14-5-1-2-6-14;/h3-4,7H,1-2,5-6H2;1H. The molecule has 0 amide bonds. The van der Waals surface area contributed by atoms with Crippen molar-refractivity contribution in [1.29, 1.82) is 0 Å². The molecule has 0 atom stereocenters. The fraction of sp³-hybridized carbons (Fsp3) is 0.364. The molecule has 2 heterocycles. The smallest absolute Gasteiger partial charge is 0.186 e. The highest BCUT2D eigenvalue weighted by atomic mass is 35.5. The van der Waals surface area contributed by atoms with Crippen molar-refractivity contribution in [2.75, 3.05) is 18.0 Å². The van der Waals surface area contributed by atoms with Crippen LogP contribution in [0.5, 0.6) is 0 Å². The van der Waals surface area contributed by atoms with Gasteiger partial charge in [-0.3, -0.25) is 0 Å². The van der Waals surface area contributed by atoms with Crippen molar-refractivity contribution in [2.45, 2.75) is 12.8 Å². The fourth-order valence-corrected chi connectivity index (χ4v) is 2.97. The summed E-state index contributed by atoms with van der Waals surface area (Å²) < 4.78 is 13.9. The van der Waals surface area contributed by atoms with E-state index in [-0.39, 0.29) is 18.2 Å². The minimum absolute atomic E-state index is 0. The van der Waals surface area contributed by atoms with E-state index in [1.54, 1.807) is 23.5 Å². The van der Waals surface area contributed by atoms with Gasteiger partial charge in [0, 0.05) is 13.1 Å². The zero-order valence-electron chi connectivity index (χ0n) is 8.65. The number of hydrogen-bond acceptors (Lipinski definition) is 3. The zero-order chi connectivity index (χ0) is 10.3. The number of aromatic nitrogens is 1. The third kappa shape index (κ3) is 1.99. The molecular formula is C11H12ClFN2S. The van der Waals surface area contributed by atoms with Crippen molar-refractivity contribution < 1.29 is 4.39 Å². The van der Waals surface area contributed by atoms with Gasteiger partial charge in [0.1, 0.15) is 5.82 Å². The average Bonchev–Trinajstić information content (AvgIpc) is 2.84. The van der Waals surface area contributed by atoms with Crippen LogP contribution < -0.4 is 4.90 Å². The summed E-state index contributed by atoms with van der Waals surface area (Å²) in [5.74, 6) is -0.181. The van der Waals surface area contributed by atoms with E-state index in [1.165, 1.54) is 18.9 Å². The van der Waals surface area contributed by atoms with Crippen LogP contribution in [0, 0.1) is 5.82 Å². The topological polar surface area (TPSA) is 16.1 Å². The first-order chi connectivity index (χ1) is 7.33. The second-order valence-electron chi connectivity index (χ2n) is 3.80. The van der Waals surface area contributed by atoms with Crippen LogP contribution >= 0.6 is 23.7 Å². The Morgan fingerprint density at radius 1 is 1.25 bits per heavy atom. The maximum atomic E-state index is 13.0. The molecular weight excluding hydrogens is 247 g/mol. The molecule has 16 heavy (non-hydrogen) atoms. The molecule has 0 aliphatic carbocycles. The van der Waals surface area contributed by atoms with Crippen molar-refractivity contribution in [1.82, 2.24) is 4.98 Å². The van der Waals surface area contributed by atoms with Crippen molar-refractivity contribution in [3.05, 3.63) is 24.0 Å². The Hall–Kier alpha value is -0.870. The Morgan fingerprint density at radius 3 is 2.75 bits per heavy atom. The molecule has 1 aromatic heterocycles. The van der Waals surface area contributed by atoms with E-state index < -0.39 is 0 Å². The van der Waals surface area contributed by atoms with Crippen LogP contribution in [0.2, 0.25) is 0 Å². The number of hydrogen-bond donors (Lipinski definition) is 0. The molecule has 1 aliphatic heterocycles. The number of fused-ring (bicyclic) bond motifs is 1. The van der Waals surface area contributed by atoms with Gasteiger partial charge >= 0.3 is 0 Å². The molecule has 1 aliphatic rings. The molecule has 1 fully saturated rings. The maximum absolute atomic E-state index is 13.0. The first-order valence-electron chi connectivity index (χ1n) is 5.14. The molecule has 3 rings (SSSR count). The minimum Gasteiger partial charge on any atom is -0.348 e. The minimum atomic E-state index is -0.181. The van der Waals surface area contributed by atoms with Crippen LogP contribution in [0.25, 0.3) is 10.2 Å². The lowest BCUT2D eigenvalue weighted by atomic mass is 10.3. The predicted molar refractivity (Wildman–Crippen MR) is 68.3 cm³/mol. The number of anilines is 1. The summed E-state index contributed by atoms with van der Waals surface area (Å²) in [6.07, 6.45) is 2.48. The molecule has 0 N–H and O–H groups in total. The van der Waals surface area contributed by atoms with Crippen molar-refractivity contribution >= 4 is 39.1 Å². The quantitative estimate of drug-likeness (QED) is 0.779. The van der Waals surface area contributed by atoms with Gasteiger partial charge in [-0.25, -0.2) is 9.37 Å². The van der Waals surface area contributed by atoms with Gasteiger partial charge in [-0.2, -0.15) is 0 Å². The number of nitrogens with zero attached hydrogens (tertiary/aromatic N) is 2. The Balaban J connectivity index is 0.000000963. The summed E-state index contributed by atoms with van der Waals surface area (Å²) in [7, 11) is 0. The van der Waals surface area contributed by atoms with Crippen LogP contribution in [-0.4, -0.2) is 18.1 Å². The van der Waals surface area contributed by atoms with E-state index in [0.717, 1.165) is 28.4 Å². The second-order valence-corrected chi connectivity index (χ2v) is 4.81. The van der Waals surface area contributed by atoms with Gasteiger partial charge in [0.15, 0.2) is 5.13 Å². The Labute approximate surface area is 104 Å². The molecule has 0 radical (unpaired) electrons. The molecule has 1 saturated heterocycles. The predicted octanol–water partition coefficient (Wildman–Crippen LogP) is 3.46. The van der Waals surface area contributed by atoms with Gasteiger partial charge in [0.25, 0.3) is 0 Å². The van der Waals surface area contributed by atoms with Crippen LogP contribution in [0.1, 0.15) is 12.8 Å². The van der Waals surface area contributed by atoms with Gasteiger partial charge in [0.2, 0.25) is 0 Å². The Kier molecular flexibility index (Phi) is 3.30. The number of rotatable bonds is 1. The summed E-state index contributed by atoms with van der Waals surface area (Å²) in [5.41, 5.74) is 0.906. The van der Waals surface area contributed by atoms with Crippen LogP contribution in [0.4, 0.5) is 9.52 Å². The van der Waals surface area contributed by atoms with Gasteiger partial charge in [-0.1, -0.05) is 11.3 Å². The van der Waals surface area contributed by atoms with Gasteiger partial charge in [-0.15, -0.1) is 12.4 Å². The van der Waals surface area contributed by atoms with Crippen LogP contribution in [0.15, 0.2) is 18.2 Å². The van der Waals surface area contributed by atoms with Gasteiger partial charge in [0.05, 0.1) is 10.2 Å². The summed E-state index contributed by atoms with van der Waals surface area (Å²) in [5, 5.41) is 1.04. The highest BCUT2D eigenvalue weighted by molar-refractivity contribution is 7.22. The van der Waals surface area contributed by atoms with E-state index in [0.29, 0.717) is 0 Å². The van der Waals surface area contributed by atoms with Crippen LogP contribution in [-0.2, 0) is 0 Å². The summed E-state index contributed by atoms with van der Waals surface area (Å²) >= 11 is 1.58. The van der Waals surface area contributed by atoms with E-state index in [1.807, 2.05) is 0 Å². The summed E-state index contributed by atoms with van der Waals surface area (Å²) in [4.78, 5) is 6.79. The monoisotopic (exact) mass is 258 g/mol. The lowest BCUT2D eigenvalue weighted by Crippen LogP contribution is -2.16. The Morgan fingerprint density at radius 2 is 2.00 bits per heavy atom. The normalized spacial score (nSPS) is 15.4. The Bertz CT molecular complexity index is 494. The van der Waals surface area contributed by atoms with E-state index in [4.69, 9.17) is 0 Å². The zero-order valence-corrected chi connectivity index (χ0v) is 10.3. The molecule has 0 spiro atoms. The van der Waals surface area contributed by atoms with E-state index >= 15 is 0 Å². The first-order valence-corrected chi connectivity index (χ1v) is 5.96. The number of benzene rings is 1. The number of thiazole rings is 1. The molecule has 0 bridgehead atoms. The molecule has 2 aromatic rings. The van der Waals surface area contributed by atoms with Crippen molar-refractivity contribution in [3.63, 3.8) is 0 Å². The summed E-state index contributed by atoms with van der Waals surface area (Å²) in [6, 6.07) is 4.78. The largest absolute Gasteiger partial charge is 0.348 e. The third-order valence-electron chi connectivity index (χ3n) is 2.72. The lowest BCUT2D eigenvalue weighted by Gasteiger charge is -2.11. The van der Waals surface area contributed by atoms with Crippen molar-refractivity contribution in [3.8, 4) is 0 Å². The van der Waals surface area contributed by atoms with Crippen LogP contribution in [0.3, 0.4) is 0 Å². The fourth-order valence-electron chi connectivity index (χ4n) is 1.93. The molecule has 0 saturated carbocycles. The highest BCUT2D eigenvalue weighted by Gasteiger charge is 2.16. The SMILES string of the molecule is Cl.Fc1ccc2nc(N3CCCC3)sc2c1. The highest BCUT2D eigenvalue weighted by Crippen LogP contribution is 2.30. The molecule has 0 unspecified atom stereocenters. The van der Waals surface area contributed by atoms with E-state index in [9.17, 15) is 4.39 Å².